The van der Waals surface area contributed by atoms with Crippen LogP contribution >= 0.6 is 0 Å². The normalized spacial score (nSPS) is 10.1. The fraction of sp³-hybridized carbons (Fsp3) is 0.143. The van der Waals surface area contributed by atoms with Crippen molar-refractivity contribution in [3.8, 4) is 17.0 Å². The van der Waals surface area contributed by atoms with Gasteiger partial charge in [0.05, 0.1) is 12.8 Å². The first-order chi connectivity index (χ1) is 8.63. The molecule has 4 heteroatoms. The third-order valence-corrected chi connectivity index (χ3v) is 2.67. The van der Waals surface area contributed by atoms with E-state index < -0.39 is 5.97 Å². The molecule has 0 atom stereocenters. The fourth-order valence-corrected chi connectivity index (χ4v) is 1.71. The number of hydrogen-bond donors (Lipinski definition) is 1. The Labute approximate surface area is 105 Å². The molecule has 0 radical (unpaired) electrons. The Morgan fingerprint density at radius 2 is 1.94 bits per heavy atom. The van der Waals surface area contributed by atoms with Gasteiger partial charge >= 0.3 is 5.97 Å². The standard InChI is InChI=1S/C14H13NO3/c1-9-5-3-4-6-10(9)11-7-8-12(16)13(15-11)14(17)18-2/h3-8,16H,1-2H3. The first kappa shape index (κ1) is 12.1. The number of methoxy groups -OCH3 is 1. The lowest BCUT2D eigenvalue weighted by Gasteiger charge is -2.07. The van der Waals surface area contributed by atoms with Crippen LogP contribution in [0.25, 0.3) is 11.3 Å². The number of ether oxygens (including phenoxy) is 1. The first-order valence-corrected chi connectivity index (χ1v) is 5.48. The number of carbonyl (C=O) groups excluding carboxylic acids is 1. The zero-order valence-corrected chi connectivity index (χ0v) is 10.2. The first-order valence-electron chi connectivity index (χ1n) is 5.48. The van der Waals surface area contributed by atoms with Gasteiger partial charge in [-0.1, -0.05) is 24.3 Å². The van der Waals surface area contributed by atoms with Gasteiger partial charge in [0, 0.05) is 5.56 Å². The van der Waals surface area contributed by atoms with Gasteiger partial charge in [-0.15, -0.1) is 0 Å². The molecule has 0 fully saturated rings. The van der Waals surface area contributed by atoms with Crippen LogP contribution in [-0.4, -0.2) is 23.2 Å². The molecule has 1 aromatic heterocycles. The quantitative estimate of drug-likeness (QED) is 0.823. The van der Waals surface area contributed by atoms with Gasteiger partial charge in [0.1, 0.15) is 5.75 Å². The summed E-state index contributed by atoms with van der Waals surface area (Å²) in [7, 11) is 1.25. The number of aromatic nitrogens is 1. The van der Waals surface area contributed by atoms with E-state index in [0.717, 1.165) is 11.1 Å². The van der Waals surface area contributed by atoms with E-state index in [-0.39, 0.29) is 11.4 Å². The van der Waals surface area contributed by atoms with E-state index in [2.05, 4.69) is 9.72 Å². The lowest BCUT2D eigenvalue weighted by atomic mass is 10.1. The third-order valence-electron chi connectivity index (χ3n) is 2.67. The molecule has 0 unspecified atom stereocenters. The molecule has 1 aromatic carbocycles. The van der Waals surface area contributed by atoms with Crippen LogP contribution in [0.1, 0.15) is 16.1 Å². The molecule has 4 nitrogen and oxygen atoms in total. The summed E-state index contributed by atoms with van der Waals surface area (Å²) >= 11 is 0. The number of rotatable bonds is 2. The molecule has 0 bridgehead atoms. The van der Waals surface area contributed by atoms with Gasteiger partial charge in [0.15, 0.2) is 5.69 Å². The van der Waals surface area contributed by atoms with Crippen LogP contribution in [0.5, 0.6) is 5.75 Å². The zero-order chi connectivity index (χ0) is 13.1. The Morgan fingerprint density at radius 3 is 2.61 bits per heavy atom. The van der Waals surface area contributed by atoms with Crippen molar-refractivity contribution in [3.05, 3.63) is 47.7 Å². The molecule has 0 aliphatic heterocycles. The van der Waals surface area contributed by atoms with Gasteiger partial charge in [-0.3, -0.25) is 0 Å². The van der Waals surface area contributed by atoms with Crippen LogP contribution in [0.2, 0.25) is 0 Å². The Kier molecular flexibility index (Phi) is 3.28. The maximum Gasteiger partial charge on any atom is 0.360 e. The summed E-state index contributed by atoms with van der Waals surface area (Å²) in [5.41, 5.74) is 2.53. The van der Waals surface area contributed by atoms with Crippen LogP contribution in [0.3, 0.4) is 0 Å². The van der Waals surface area contributed by atoms with Gasteiger partial charge in [-0.25, -0.2) is 9.78 Å². The van der Waals surface area contributed by atoms with Gasteiger partial charge in [-0.2, -0.15) is 0 Å². The Hall–Kier alpha value is -2.36. The highest BCUT2D eigenvalue weighted by atomic mass is 16.5. The summed E-state index contributed by atoms with van der Waals surface area (Å²) in [6, 6.07) is 10.8. The van der Waals surface area contributed by atoms with Crippen LogP contribution < -0.4 is 0 Å². The van der Waals surface area contributed by atoms with E-state index in [9.17, 15) is 9.90 Å². The minimum Gasteiger partial charge on any atom is -0.505 e. The number of benzene rings is 1. The average molecular weight is 243 g/mol. The molecule has 2 rings (SSSR count). The number of carbonyl (C=O) groups is 1. The minimum absolute atomic E-state index is 0.0711. The third kappa shape index (κ3) is 2.18. The predicted molar refractivity (Wildman–Crippen MR) is 67.4 cm³/mol. The van der Waals surface area contributed by atoms with Gasteiger partial charge in [-0.05, 0) is 24.6 Å². The summed E-state index contributed by atoms with van der Waals surface area (Å²) < 4.78 is 4.58. The molecule has 0 aliphatic rings. The molecule has 0 spiro atoms. The fourth-order valence-electron chi connectivity index (χ4n) is 1.71. The molecule has 0 aliphatic carbocycles. The summed E-state index contributed by atoms with van der Waals surface area (Å²) in [4.78, 5) is 15.6. The smallest absolute Gasteiger partial charge is 0.360 e. The van der Waals surface area contributed by atoms with E-state index in [1.54, 1.807) is 6.07 Å². The lowest BCUT2D eigenvalue weighted by Crippen LogP contribution is -2.05. The molecule has 18 heavy (non-hydrogen) atoms. The van der Waals surface area contributed by atoms with Crippen molar-refractivity contribution in [1.82, 2.24) is 4.98 Å². The van der Waals surface area contributed by atoms with Crippen molar-refractivity contribution in [1.29, 1.82) is 0 Å². The van der Waals surface area contributed by atoms with Crippen molar-refractivity contribution in [2.24, 2.45) is 0 Å². The summed E-state index contributed by atoms with van der Waals surface area (Å²) in [6.07, 6.45) is 0. The molecule has 1 heterocycles. The zero-order valence-electron chi connectivity index (χ0n) is 10.2. The topological polar surface area (TPSA) is 59.4 Å². The van der Waals surface area contributed by atoms with Crippen molar-refractivity contribution < 1.29 is 14.6 Å². The molecule has 0 saturated heterocycles. The second-order valence-corrected chi connectivity index (χ2v) is 3.87. The van der Waals surface area contributed by atoms with Crippen LogP contribution in [-0.2, 0) is 4.74 Å². The maximum absolute atomic E-state index is 11.5. The summed E-state index contributed by atoms with van der Waals surface area (Å²) in [6.45, 7) is 1.96. The number of aryl methyl sites for hydroxylation is 1. The number of nitrogens with zero attached hydrogens (tertiary/aromatic N) is 1. The largest absolute Gasteiger partial charge is 0.505 e. The predicted octanol–water partition coefficient (Wildman–Crippen LogP) is 2.55. The van der Waals surface area contributed by atoms with E-state index in [1.165, 1.54) is 13.2 Å². The van der Waals surface area contributed by atoms with Crippen LogP contribution in [0, 0.1) is 6.92 Å². The van der Waals surface area contributed by atoms with Crippen molar-refractivity contribution in [2.45, 2.75) is 6.92 Å². The van der Waals surface area contributed by atoms with E-state index in [4.69, 9.17) is 0 Å². The molecule has 0 amide bonds. The van der Waals surface area contributed by atoms with Crippen molar-refractivity contribution >= 4 is 5.97 Å². The highest BCUT2D eigenvalue weighted by Crippen LogP contribution is 2.25. The van der Waals surface area contributed by atoms with Gasteiger partial charge in [0.2, 0.25) is 0 Å². The number of aromatic hydroxyl groups is 1. The highest BCUT2D eigenvalue weighted by Gasteiger charge is 2.15. The Morgan fingerprint density at radius 1 is 1.22 bits per heavy atom. The summed E-state index contributed by atoms with van der Waals surface area (Å²) in [5, 5.41) is 9.59. The molecule has 0 saturated carbocycles. The second kappa shape index (κ2) is 4.87. The van der Waals surface area contributed by atoms with Crippen LogP contribution in [0.4, 0.5) is 0 Å². The van der Waals surface area contributed by atoms with Gasteiger partial charge < -0.3 is 9.84 Å². The van der Waals surface area contributed by atoms with Crippen molar-refractivity contribution in [3.63, 3.8) is 0 Å². The van der Waals surface area contributed by atoms with E-state index >= 15 is 0 Å². The van der Waals surface area contributed by atoms with E-state index in [1.807, 2.05) is 31.2 Å². The van der Waals surface area contributed by atoms with Crippen molar-refractivity contribution in [2.75, 3.05) is 7.11 Å². The number of pyridine rings is 1. The monoisotopic (exact) mass is 243 g/mol. The second-order valence-electron chi connectivity index (χ2n) is 3.87. The number of hydrogen-bond acceptors (Lipinski definition) is 4. The minimum atomic E-state index is -0.650. The number of esters is 1. The molecular formula is C14H13NO3. The van der Waals surface area contributed by atoms with E-state index in [0.29, 0.717) is 5.69 Å². The Balaban J connectivity index is 2.54. The average Bonchev–Trinajstić information content (AvgIpc) is 2.39. The molecule has 2 aromatic rings. The van der Waals surface area contributed by atoms with Gasteiger partial charge in [0.25, 0.3) is 0 Å². The molecule has 1 N–H and O–H groups in total. The lowest BCUT2D eigenvalue weighted by molar-refractivity contribution is 0.0590. The van der Waals surface area contributed by atoms with Crippen LogP contribution in [0.15, 0.2) is 36.4 Å². The molecular weight excluding hydrogens is 230 g/mol. The maximum atomic E-state index is 11.5. The SMILES string of the molecule is COC(=O)c1nc(-c2ccccc2C)ccc1O. The molecule has 92 valence electrons. The highest BCUT2D eigenvalue weighted by molar-refractivity contribution is 5.90. The summed E-state index contributed by atoms with van der Waals surface area (Å²) in [5.74, 6) is -0.831. The Bertz CT molecular complexity index is 593.